The van der Waals surface area contributed by atoms with Gasteiger partial charge >= 0.3 is 5.97 Å². The number of carbonyl (C=O) groups excluding carboxylic acids is 2. The van der Waals surface area contributed by atoms with Crippen LogP contribution < -0.4 is 26.1 Å². The van der Waals surface area contributed by atoms with E-state index in [1.807, 2.05) is 72.8 Å². The summed E-state index contributed by atoms with van der Waals surface area (Å²) in [4.78, 5) is 31.8. The van der Waals surface area contributed by atoms with E-state index in [0.29, 0.717) is 0 Å². The van der Waals surface area contributed by atoms with Crippen LogP contribution in [0.4, 0.5) is 0 Å². The van der Waals surface area contributed by atoms with Crippen LogP contribution in [-0.2, 0) is 32.7 Å². The minimum Gasteiger partial charge on any atom is -0.461 e. The maximum absolute atomic E-state index is 14.8. The summed E-state index contributed by atoms with van der Waals surface area (Å²) in [5.41, 5.74) is 9.72. The predicted molar refractivity (Wildman–Crippen MR) is 231 cm³/mol. The second kappa shape index (κ2) is 17.7. The second-order valence-electron chi connectivity index (χ2n) is 17.4. The van der Waals surface area contributed by atoms with Gasteiger partial charge in [-0.3, -0.25) is 4.79 Å². The molecule has 0 aliphatic carbocycles. The Labute approximate surface area is 344 Å². The third kappa shape index (κ3) is 8.44. The Morgan fingerprint density at radius 2 is 1.07 bits per heavy atom. The van der Waals surface area contributed by atoms with Crippen molar-refractivity contribution in [3.05, 3.63) is 132 Å². The molecule has 2 aliphatic rings. The molecule has 306 valence electrons. The highest BCUT2D eigenvalue weighted by Crippen LogP contribution is 2.41. The summed E-state index contributed by atoms with van der Waals surface area (Å²) in [6.45, 7) is 16.4. The third-order valence-corrected chi connectivity index (χ3v) is 21.2. The van der Waals surface area contributed by atoms with Crippen molar-refractivity contribution in [2.24, 2.45) is 5.11 Å². The number of hydrogen-bond acceptors (Lipinski definition) is 8. The molecule has 2 heterocycles. The molecule has 6 rings (SSSR count). The van der Waals surface area contributed by atoms with E-state index in [1.54, 1.807) is 13.8 Å². The third-order valence-electron chi connectivity index (χ3n) is 11.1. The van der Waals surface area contributed by atoms with Crippen molar-refractivity contribution in [2.75, 3.05) is 13.2 Å². The van der Waals surface area contributed by atoms with Gasteiger partial charge in [-0.1, -0.05) is 168 Å². The van der Waals surface area contributed by atoms with Crippen molar-refractivity contribution in [1.82, 2.24) is 5.32 Å². The highest BCUT2D eigenvalue weighted by molar-refractivity contribution is 7.00. The zero-order valence-electron chi connectivity index (χ0n) is 34.7. The lowest BCUT2D eigenvalue weighted by molar-refractivity contribution is -0.161. The van der Waals surface area contributed by atoms with E-state index in [1.165, 1.54) is 0 Å². The minimum atomic E-state index is -3.27. The predicted octanol–water partition coefficient (Wildman–Crippen LogP) is 5.79. The molecule has 2 saturated heterocycles. The van der Waals surface area contributed by atoms with Crippen LogP contribution in [0.1, 0.15) is 55.4 Å². The van der Waals surface area contributed by atoms with Gasteiger partial charge in [0.05, 0.1) is 37.5 Å². The first-order valence-corrected chi connectivity index (χ1v) is 23.8. The van der Waals surface area contributed by atoms with Gasteiger partial charge in [0.15, 0.2) is 12.2 Å². The zero-order valence-corrected chi connectivity index (χ0v) is 36.7. The molecular weight excluding hydrogens is 765 g/mol. The molecular formula is C45H56N4O7Si2. The van der Waals surface area contributed by atoms with Crippen molar-refractivity contribution >= 4 is 49.3 Å². The summed E-state index contributed by atoms with van der Waals surface area (Å²) in [7, 11) is -6.52. The minimum absolute atomic E-state index is 0.0147. The quantitative estimate of drug-likeness (QED) is 0.0592. The monoisotopic (exact) mass is 820 g/mol. The van der Waals surface area contributed by atoms with Gasteiger partial charge in [-0.25, -0.2) is 4.79 Å². The van der Waals surface area contributed by atoms with Crippen LogP contribution in [-0.4, -0.2) is 84.3 Å². The van der Waals surface area contributed by atoms with Gasteiger partial charge in [0.2, 0.25) is 0 Å². The maximum Gasteiger partial charge on any atom is 0.338 e. The van der Waals surface area contributed by atoms with E-state index in [2.05, 4.69) is 105 Å². The van der Waals surface area contributed by atoms with Crippen LogP contribution in [0.15, 0.2) is 126 Å². The SMILES string of the molecule is CC(C)OC(=O)[C@H]1OC[C@H](NC(=O)[C@H]2OC[C@H](N=[N+]=[N-])[C@H]2O[Si](c2ccccc2)(c2ccccc2)C(C)(C)C)[C@H]1O[Si](c1ccccc1)(c1ccccc1)C(C)(C)C. The van der Waals surface area contributed by atoms with Crippen LogP contribution in [0.5, 0.6) is 0 Å². The Balaban J connectivity index is 1.41. The summed E-state index contributed by atoms with van der Waals surface area (Å²) < 4.78 is 33.2. The molecule has 2 fully saturated rings. The van der Waals surface area contributed by atoms with E-state index in [-0.39, 0.29) is 13.2 Å². The van der Waals surface area contributed by atoms with Crippen molar-refractivity contribution in [3.8, 4) is 0 Å². The van der Waals surface area contributed by atoms with Crippen LogP contribution in [0.25, 0.3) is 10.4 Å². The van der Waals surface area contributed by atoms with Crippen LogP contribution >= 0.6 is 0 Å². The number of carbonyl (C=O) groups is 2. The fraction of sp³-hybridized carbons (Fsp3) is 0.422. The number of nitrogens with zero attached hydrogens (tertiary/aromatic N) is 3. The van der Waals surface area contributed by atoms with E-state index in [9.17, 15) is 15.1 Å². The molecule has 0 aromatic heterocycles. The molecule has 58 heavy (non-hydrogen) atoms. The van der Waals surface area contributed by atoms with Crippen LogP contribution in [0.3, 0.4) is 0 Å². The van der Waals surface area contributed by atoms with Crippen molar-refractivity contribution < 1.29 is 32.7 Å². The van der Waals surface area contributed by atoms with Crippen molar-refractivity contribution in [2.45, 2.75) is 108 Å². The molecule has 11 nitrogen and oxygen atoms in total. The Morgan fingerprint density at radius 1 is 0.672 bits per heavy atom. The highest BCUT2D eigenvalue weighted by Gasteiger charge is 2.58. The Morgan fingerprint density at radius 3 is 1.45 bits per heavy atom. The molecule has 0 spiro atoms. The number of rotatable bonds is 13. The Kier molecular flexibility index (Phi) is 13.1. The molecule has 0 saturated carbocycles. The highest BCUT2D eigenvalue weighted by atomic mass is 28.4. The largest absolute Gasteiger partial charge is 0.461 e. The van der Waals surface area contributed by atoms with Gasteiger partial charge in [0.1, 0.15) is 6.10 Å². The smallest absolute Gasteiger partial charge is 0.338 e. The van der Waals surface area contributed by atoms with Gasteiger partial charge < -0.3 is 28.4 Å². The van der Waals surface area contributed by atoms with Gasteiger partial charge in [-0.15, -0.1) is 0 Å². The summed E-state index contributed by atoms with van der Waals surface area (Å²) in [5.74, 6) is -1.05. The molecule has 6 atom stereocenters. The molecule has 0 bridgehead atoms. The lowest BCUT2D eigenvalue weighted by Crippen LogP contribution is -2.70. The first kappa shape index (κ1) is 43.0. The lowest BCUT2D eigenvalue weighted by atomic mass is 10.1. The molecule has 1 N–H and O–H groups in total. The van der Waals surface area contributed by atoms with E-state index >= 15 is 0 Å². The Bertz CT molecular complexity index is 1960. The topological polar surface area (TPSA) is 141 Å². The van der Waals surface area contributed by atoms with Gasteiger partial charge in [0, 0.05) is 4.91 Å². The van der Waals surface area contributed by atoms with Gasteiger partial charge in [-0.2, -0.15) is 0 Å². The number of ether oxygens (including phenoxy) is 3. The molecule has 1 amide bonds. The van der Waals surface area contributed by atoms with Gasteiger partial charge in [-0.05, 0) is 50.2 Å². The van der Waals surface area contributed by atoms with Crippen molar-refractivity contribution in [1.29, 1.82) is 0 Å². The number of hydrogen-bond donors (Lipinski definition) is 1. The molecule has 0 radical (unpaired) electrons. The summed E-state index contributed by atoms with van der Waals surface area (Å²) in [6, 6.07) is 38.8. The van der Waals surface area contributed by atoms with E-state index in [0.717, 1.165) is 20.7 Å². The number of amides is 1. The molecule has 4 aromatic rings. The lowest BCUT2D eigenvalue weighted by Gasteiger charge is -2.46. The number of nitrogens with one attached hydrogen (secondary N) is 1. The Hall–Kier alpha value is -4.60. The standard InChI is InChI=1S/C45H56N4O7Si2/c1-31(2)54-43(51)41-38(55-57(44(3,4)5,32-21-13-9-14-22-32)33-23-15-10-16-24-33)36(29-53-41)47-42(50)40-39(37(30-52-40)48-49-46)56-58(45(6,7)8,34-25-17-11-18-26-34)35-27-19-12-20-28-35/h9-28,31,36-41H,29-30H2,1-8H3,(H,47,50)/t36-,37-,38+,39+,40-,41-/m0/s1. The summed E-state index contributed by atoms with van der Waals surface area (Å²) in [6.07, 6.45) is -4.57. The number of azide groups is 1. The first-order valence-electron chi connectivity index (χ1n) is 20.0. The normalized spacial score (nSPS) is 22.6. The van der Waals surface area contributed by atoms with E-state index in [4.69, 9.17) is 23.1 Å². The summed E-state index contributed by atoms with van der Waals surface area (Å²) >= 11 is 0. The average Bonchev–Trinajstić information content (AvgIpc) is 3.79. The fourth-order valence-corrected chi connectivity index (χ4v) is 18.0. The molecule has 13 heteroatoms. The molecule has 4 aromatic carbocycles. The number of esters is 1. The van der Waals surface area contributed by atoms with E-state index < -0.39 is 81.2 Å². The first-order chi connectivity index (χ1) is 27.6. The number of benzene rings is 4. The maximum atomic E-state index is 14.8. The van der Waals surface area contributed by atoms with Crippen LogP contribution in [0.2, 0.25) is 10.1 Å². The van der Waals surface area contributed by atoms with Crippen LogP contribution in [0, 0.1) is 0 Å². The van der Waals surface area contributed by atoms with Crippen molar-refractivity contribution in [3.63, 3.8) is 0 Å². The zero-order chi connectivity index (χ0) is 41.7. The average molecular weight is 821 g/mol. The fourth-order valence-electron chi connectivity index (χ4n) is 8.56. The second-order valence-corrected chi connectivity index (χ2v) is 25.9. The molecule has 2 aliphatic heterocycles. The summed E-state index contributed by atoms with van der Waals surface area (Å²) in [5, 5.41) is 10.5. The molecule has 0 unspecified atom stereocenters. The van der Waals surface area contributed by atoms with Gasteiger partial charge in [0.25, 0.3) is 22.5 Å².